The summed E-state index contributed by atoms with van der Waals surface area (Å²) in [6, 6.07) is 1.76. The summed E-state index contributed by atoms with van der Waals surface area (Å²) in [5.74, 6) is -0.00562. The summed E-state index contributed by atoms with van der Waals surface area (Å²) in [7, 11) is 0. The molecular formula is C11H10ClN3O. The molecular weight excluding hydrogens is 226 g/mol. The zero-order chi connectivity index (χ0) is 11.7. The van der Waals surface area contributed by atoms with Crippen LogP contribution in [0.15, 0.2) is 24.7 Å². The van der Waals surface area contributed by atoms with Gasteiger partial charge in [0, 0.05) is 12.4 Å². The SMILES string of the molecule is CC(=O)c1cnn(-c2ccncc2Cl)c1C. The van der Waals surface area contributed by atoms with Crippen molar-refractivity contribution in [2.24, 2.45) is 0 Å². The molecule has 0 aliphatic carbocycles. The normalized spacial score (nSPS) is 10.4. The van der Waals surface area contributed by atoms with E-state index in [1.807, 2.05) is 6.92 Å². The Balaban J connectivity index is 2.58. The van der Waals surface area contributed by atoms with E-state index >= 15 is 0 Å². The molecule has 0 amide bonds. The molecule has 5 heteroatoms. The maximum atomic E-state index is 11.3. The highest BCUT2D eigenvalue weighted by Crippen LogP contribution is 2.21. The van der Waals surface area contributed by atoms with E-state index in [0.29, 0.717) is 10.6 Å². The second kappa shape index (κ2) is 4.06. The number of aromatic nitrogens is 3. The Labute approximate surface area is 97.9 Å². The van der Waals surface area contributed by atoms with E-state index in [9.17, 15) is 4.79 Å². The van der Waals surface area contributed by atoms with Crippen LogP contribution in [0.5, 0.6) is 0 Å². The number of carbonyl (C=O) groups excluding carboxylic acids is 1. The number of pyridine rings is 1. The maximum absolute atomic E-state index is 11.3. The minimum absolute atomic E-state index is 0.00562. The van der Waals surface area contributed by atoms with Crippen molar-refractivity contribution in [3.05, 3.63) is 40.9 Å². The average Bonchev–Trinajstić information content (AvgIpc) is 2.61. The first-order valence-corrected chi connectivity index (χ1v) is 5.14. The highest BCUT2D eigenvalue weighted by molar-refractivity contribution is 6.32. The van der Waals surface area contributed by atoms with Crippen LogP contribution in [-0.2, 0) is 0 Å². The molecule has 0 bridgehead atoms. The van der Waals surface area contributed by atoms with Crippen LogP contribution in [0.2, 0.25) is 5.02 Å². The number of ketones is 1. The summed E-state index contributed by atoms with van der Waals surface area (Å²) in [5, 5.41) is 4.66. The van der Waals surface area contributed by atoms with E-state index in [2.05, 4.69) is 10.1 Å². The van der Waals surface area contributed by atoms with E-state index in [-0.39, 0.29) is 5.78 Å². The third kappa shape index (κ3) is 1.72. The van der Waals surface area contributed by atoms with Crippen molar-refractivity contribution in [3.8, 4) is 5.69 Å². The van der Waals surface area contributed by atoms with E-state index in [1.54, 1.807) is 29.3 Å². The predicted molar refractivity (Wildman–Crippen MR) is 61.1 cm³/mol. The fourth-order valence-corrected chi connectivity index (χ4v) is 1.74. The van der Waals surface area contributed by atoms with Gasteiger partial charge in [-0.25, -0.2) is 4.68 Å². The molecule has 2 rings (SSSR count). The first-order chi connectivity index (χ1) is 7.61. The van der Waals surface area contributed by atoms with Crippen molar-refractivity contribution in [2.45, 2.75) is 13.8 Å². The van der Waals surface area contributed by atoms with E-state index < -0.39 is 0 Å². The van der Waals surface area contributed by atoms with Gasteiger partial charge in [-0.05, 0) is 19.9 Å². The Morgan fingerprint density at radius 2 is 2.19 bits per heavy atom. The minimum Gasteiger partial charge on any atom is -0.294 e. The lowest BCUT2D eigenvalue weighted by molar-refractivity contribution is 0.101. The Bertz CT molecular complexity index is 548. The third-order valence-corrected chi connectivity index (χ3v) is 2.66. The molecule has 2 aromatic rings. The Kier molecular flexibility index (Phi) is 2.75. The van der Waals surface area contributed by atoms with Gasteiger partial charge in [-0.2, -0.15) is 5.10 Å². The number of rotatable bonds is 2. The molecule has 0 radical (unpaired) electrons. The number of nitrogens with zero attached hydrogens (tertiary/aromatic N) is 3. The zero-order valence-electron chi connectivity index (χ0n) is 8.94. The van der Waals surface area contributed by atoms with Crippen LogP contribution >= 0.6 is 11.6 Å². The summed E-state index contributed by atoms with van der Waals surface area (Å²) in [5.41, 5.74) is 2.11. The Hall–Kier alpha value is -1.68. The molecule has 2 aromatic heterocycles. The summed E-state index contributed by atoms with van der Waals surface area (Å²) < 4.78 is 1.64. The first kappa shape index (κ1) is 10.8. The molecule has 2 heterocycles. The molecule has 0 atom stereocenters. The summed E-state index contributed by atoms with van der Waals surface area (Å²) in [6.45, 7) is 3.35. The van der Waals surface area contributed by atoms with Crippen molar-refractivity contribution < 1.29 is 4.79 Å². The largest absolute Gasteiger partial charge is 0.294 e. The van der Waals surface area contributed by atoms with Gasteiger partial charge in [0.05, 0.1) is 28.2 Å². The summed E-state index contributed by atoms with van der Waals surface area (Å²) in [4.78, 5) is 15.2. The van der Waals surface area contributed by atoms with Gasteiger partial charge in [0.25, 0.3) is 0 Å². The zero-order valence-corrected chi connectivity index (χ0v) is 9.69. The number of Topliss-reactive ketones (excluding diaryl/α,β-unsaturated/α-hetero) is 1. The standard InChI is InChI=1S/C11H10ClN3O/c1-7-9(8(2)16)5-14-15(7)11-3-4-13-6-10(11)12/h3-6H,1-2H3. The first-order valence-electron chi connectivity index (χ1n) is 4.76. The van der Waals surface area contributed by atoms with Crippen molar-refractivity contribution >= 4 is 17.4 Å². The number of carbonyl (C=O) groups is 1. The fraction of sp³-hybridized carbons (Fsp3) is 0.182. The monoisotopic (exact) mass is 235 g/mol. The van der Waals surface area contributed by atoms with Crippen LogP contribution in [0.25, 0.3) is 5.69 Å². The highest BCUT2D eigenvalue weighted by Gasteiger charge is 2.12. The molecule has 4 nitrogen and oxygen atoms in total. The Morgan fingerprint density at radius 3 is 2.75 bits per heavy atom. The average molecular weight is 236 g/mol. The predicted octanol–water partition coefficient (Wildman–Crippen LogP) is 2.43. The van der Waals surface area contributed by atoms with Gasteiger partial charge in [0.1, 0.15) is 0 Å². The van der Waals surface area contributed by atoms with Gasteiger partial charge in [-0.15, -0.1) is 0 Å². The van der Waals surface area contributed by atoms with Gasteiger partial charge in [-0.1, -0.05) is 11.6 Å². The lowest BCUT2D eigenvalue weighted by Gasteiger charge is -2.05. The molecule has 82 valence electrons. The number of hydrogen-bond donors (Lipinski definition) is 0. The lowest BCUT2D eigenvalue weighted by Crippen LogP contribution is -2.02. The van der Waals surface area contributed by atoms with Crippen molar-refractivity contribution in [1.29, 1.82) is 0 Å². The van der Waals surface area contributed by atoms with Gasteiger partial charge >= 0.3 is 0 Å². The smallest absolute Gasteiger partial charge is 0.163 e. The van der Waals surface area contributed by atoms with E-state index in [0.717, 1.165) is 11.4 Å². The van der Waals surface area contributed by atoms with Crippen LogP contribution in [0.3, 0.4) is 0 Å². The topological polar surface area (TPSA) is 47.8 Å². The van der Waals surface area contributed by atoms with Crippen LogP contribution in [0, 0.1) is 6.92 Å². The van der Waals surface area contributed by atoms with Gasteiger partial charge in [0.2, 0.25) is 0 Å². The van der Waals surface area contributed by atoms with Gasteiger partial charge in [-0.3, -0.25) is 9.78 Å². The molecule has 16 heavy (non-hydrogen) atoms. The Morgan fingerprint density at radius 1 is 1.44 bits per heavy atom. The van der Waals surface area contributed by atoms with Crippen LogP contribution in [-0.4, -0.2) is 20.5 Å². The second-order valence-electron chi connectivity index (χ2n) is 3.44. The molecule has 0 spiro atoms. The molecule has 0 unspecified atom stereocenters. The lowest BCUT2D eigenvalue weighted by atomic mass is 10.2. The molecule has 0 N–H and O–H groups in total. The number of hydrogen-bond acceptors (Lipinski definition) is 3. The van der Waals surface area contributed by atoms with Gasteiger partial charge < -0.3 is 0 Å². The van der Waals surface area contributed by atoms with E-state index in [4.69, 9.17) is 11.6 Å². The number of halogens is 1. The van der Waals surface area contributed by atoms with Crippen molar-refractivity contribution in [1.82, 2.24) is 14.8 Å². The minimum atomic E-state index is -0.00562. The van der Waals surface area contributed by atoms with Crippen LogP contribution in [0.4, 0.5) is 0 Å². The molecule has 0 aliphatic rings. The van der Waals surface area contributed by atoms with E-state index in [1.165, 1.54) is 6.92 Å². The van der Waals surface area contributed by atoms with Crippen molar-refractivity contribution in [3.63, 3.8) is 0 Å². The van der Waals surface area contributed by atoms with Crippen LogP contribution in [0.1, 0.15) is 23.0 Å². The molecule has 0 aromatic carbocycles. The molecule has 0 saturated heterocycles. The van der Waals surface area contributed by atoms with Gasteiger partial charge in [0.15, 0.2) is 5.78 Å². The molecule has 0 saturated carbocycles. The highest BCUT2D eigenvalue weighted by atomic mass is 35.5. The maximum Gasteiger partial charge on any atom is 0.163 e. The summed E-state index contributed by atoms with van der Waals surface area (Å²) >= 11 is 6.01. The van der Waals surface area contributed by atoms with Crippen molar-refractivity contribution in [2.75, 3.05) is 0 Å². The quantitative estimate of drug-likeness (QED) is 0.751. The third-order valence-electron chi connectivity index (χ3n) is 2.37. The molecule has 0 aliphatic heterocycles. The fourth-order valence-electron chi connectivity index (χ4n) is 1.54. The molecule has 0 fully saturated rings. The second-order valence-corrected chi connectivity index (χ2v) is 3.85. The van der Waals surface area contributed by atoms with Crippen LogP contribution < -0.4 is 0 Å². The summed E-state index contributed by atoms with van der Waals surface area (Å²) in [6.07, 6.45) is 4.73.